The van der Waals surface area contributed by atoms with Gasteiger partial charge in [-0.3, -0.25) is 0 Å². The Labute approximate surface area is 122 Å². The highest BCUT2D eigenvalue weighted by Crippen LogP contribution is 2.18. The number of ether oxygens (including phenoxy) is 1. The molecular weight excluding hydrogens is 283 g/mol. The molecule has 0 bridgehead atoms. The lowest BCUT2D eigenvalue weighted by atomic mass is 10.2. The Hall–Kier alpha value is -1.29. The highest BCUT2D eigenvalue weighted by molar-refractivity contribution is 6.31. The van der Waals surface area contributed by atoms with Gasteiger partial charge in [0.25, 0.3) is 0 Å². The van der Waals surface area contributed by atoms with E-state index < -0.39 is 0 Å². The summed E-state index contributed by atoms with van der Waals surface area (Å²) in [7, 11) is 1.81. The molecule has 0 unspecified atom stereocenters. The molecular formula is C14H14Cl2N2O. The minimum Gasteiger partial charge on any atom is -0.373 e. The number of benzene rings is 1. The van der Waals surface area contributed by atoms with Crippen molar-refractivity contribution < 1.29 is 4.74 Å². The van der Waals surface area contributed by atoms with Crippen LogP contribution >= 0.6 is 23.2 Å². The molecule has 0 aliphatic heterocycles. The van der Waals surface area contributed by atoms with E-state index in [9.17, 15) is 0 Å². The largest absolute Gasteiger partial charge is 0.373 e. The average Bonchev–Trinajstić information content (AvgIpc) is 2.43. The Morgan fingerprint density at radius 1 is 1.05 bits per heavy atom. The third-order valence-corrected chi connectivity index (χ3v) is 3.19. The maximum Gasteiger partial charge on any atom is 0.126 e. The molecule has 1 aromatic heterocycles. The van der Waals surface area contributed by atoms with Crippen molar-refractivity contribution in [3.05, 3.63) is 57.7 Å². The third-order valence-electron chi connectivity index (χ3n) is 2.60. The van der Waals surface area contributed by atoms with Crippen molar-refractivity contribution in [2.24, 2.45) is 0 Å². The predicted octanol–water partition coefficient (Wildman–Crippen LogP) is 4.15. The second kappa shape index (κ2) is 6.75. The number of halogens is 2. The maximum absolute atomic E-state index is 6.07. The van der Waals surface area contributed by atoms with E-state index in [2.05, 4.69) is 10.3 Å². The quantitative estimate of drug-likeness (QED) is 0.900. The van der Waals surface area contributed by atoms with E-state index in [1.807, 2.05) is 37.4 Å². The van der Waals surface area contributed by atoms with Crippen LogP contribution in [0.1, 0.15) is 11.3 Å². The molecule has 0 atom stereocenters. The Morgan fingerprint density at radius 2 is 1.79 bits per heavy atom. The standard InChI is InChI=1S/C14H14Cl2N2O/c1-17-14-7-6-12(16)13(18-14)9-19-8-10-2-4-11(15)5-3-10/h2-7H,8-9H2,1H3,(H,17,18). The van der Waals surface area contributed by atoms with Gasteiger partial charge in [0, 0.05) is 12.1 Å². The zero-order chi connectivity index (χ0) is 13.7. The molecule has 2 rings (SSSR count). The number of nitrogens with zero attached hydrogens (tertiary/aromatic N) is 1. The molecule has 3 nitrogen and oxygen atoms in total. The topological polar surface area (TPSA) is 34.1 Å². The van der Waals surface area contributed by atoms with E-state index in [4.69, 9.17) is 27.9 Å². The highest BCUT2D eigenvalue weighted by Gasteiger charge is 2.04. The second-order valence-electron chi connectivity index (χ2n) is 3.99. The van der Waals surface area contributed by atoms with Gasteiger partial charge < -0.3 is 10.1 Å². The van der Waals surface area contributed by atoms with E-state index >= 15 is 0 Å². The molecule has 19 heavy (non-hydrogen) atoms. The summed E-state index contributed by atoms with van der Waals surface area (Å²) >= 11 is 11.9. The molecule has 0 aliphatic rings. The Kier molecular flexibility index (Phi) is 5.02. The number of anilines is 1. The van der Waals surface area contributed by atoms with Gasteiger partial charge in [0.15, 0.2) is 0 Å². The van der Waals surface area contributed by atoms with Crippen molar-refractivity contribution in [2.75, 3.05) is 12.4 Å². The maximum atomic E-state index is 6.07. The van der Waals surface area contributed by atoms with Crippen molar-refractivity contribution in [3.8, 4) is 0 Å². The predicted molar refractivity (Wildman–Crippen MR) is 78.7 cm³/mol. The van der Waals surface area contributed by atoms with Gasteiger partial charge in [-0.2, -0.15) is 0 Å². The fourth-order valence-corrected chi connectivity index (χ4v) is 1.86. The summed E-state index contributed by atoms with van der Waals surface area (Å²) in [5, 5.41) is 4.29. The van der Waals surface area contributed by atoms with Gasteiger partial charge in [-0.05, 0) is 29.8 Å². The monoisotopic (exact) mass is 296 g/mol. The second-order valence-corrected chi connectivity index (χ2v) is 4.84. The fourth-order valence-electron chi connectivity index (χ4n) is 1.57. The summed E-state index contributed by atoms with van der Waals surface area (Å²) in [6, 6.07) is 11.2. The van der Waals surface area contributed by atoms with Crippen LogP contribution in [0, 0.1) is 0 Å². The molecule has 0 radical (unpaired) electrons. The molecule has 0 spiro atoms. The molecule has 5 heteroatoms. The van der Waals surface area contributed by atoms with Crippen LogP contribution in [-0.2, 0) is 18.0 Å². The van der Waals surface area contributed by atoms with Gasteiger partial charge in [0.2, 0.25) is 0 Å². The molecule has 0 fully saturated rings. The van der Waals surface area contributed by atoms with Crippen molar-refractivity contribution in [1.82, 2.24) is 4.98 Å². The van der Waals surface area contributed by atoms with E-state index in [-0.39, 0.29) is 0 Å². The van der Waals surface area contributed by atoms with Gasteiger partial charge in [-0.25, -0.2) is 4.98 Å². The van der Waals surface area contributed by atoms with Crippen LogP contribution in [0.4, 0.5) is 5.82 Å². The summed E-state index contributed by atoms with van der Waals surface area (Å²) in [5.41, 5.74) is 1.78. The first-order valence-electron chi connectivity index (χ1n) is 5.84. The van der Waals surface area contributed by atoms with Crippen LogP contribution in [0.15, 0.2) is 36.4 Å². The smallest absolute Gasteiger partial charge is 0.126 e. The van der Waals surface area contributed by atoms with Crippen LogP contribution in [-0.4, -0.2) is 12.0 Å². The molecule has 1 N–H and O–H groups in total. The Morgan fingerprint density at radius 3 is 2.47 bits per heavy atom. The highest BCUT2D eigenvalue weighted by atomic mass is 35.5. The first-order chi connectivity index (χ1) is 9.19. The van der Waals surface area contributed by atoms with Crippen LogP contribution < -0.4 is 5.32 Å². The average molecular weight is 297 g/mol. The van der Waals surface area contributed by atoms with Gasteiger partial charge in [-0.1, -0.05) is 35.3 Å². The van der Waals surface area contributed by atoms with Crippen molar-refractivity contribution >= 4 is 29.0 Å². The van der Waals surface area contributed by atoms with E-state index in [0.29, 0.717) is 18.2 Å². The fraction of sp³-hybridized carbons (Fsp3) is 0.214. The van der Waals surface area contributed by atoms with Crippen LogP contribution in [0.25, 0.3) is 0 Å². The lowest BCUT2D eigenvalue weighted by Crippen LogP contribution is -2.00. The van der Waals surface area contributed by atoms with E-state index in [1.165, 1.54) is 0 Å². The molecule has 0 saturated carbocycles. The minimum absolute atomic E-state index is 0.372. The van der Waals surface area contributed by atoms with E-state index in [1.54, 1.807) is 6.07 Å². The van der Waals surface area contributed by atoms with E-state index in [0.717, 1.165) is 22.1 Å². The first-order valence-corrected chi connectivity index (χ1v) is 6.60. The SMILES string of the molecule is CNc1ccc(Cl)c(COCc2ccc(Cl)cc2)n1. The summed E-state index contributed by atoms with van der Waals surface area (Å²) in [4.78, 5) is 4.35. The first kappa shape index (κ1) is 14.1. The minimum atomic E-state index is 0.372. The Balaban J connectivity index is 1.93. The van der Waals surface area contributed by atoms with Gasteiger partial charge in [-0.15, -0.1) is 0 Å². The number of nitrogens with one attached hydrogen (secondary N) is 1. The summed E-state index contributed by atoms with van der Waals surface area (Å²) in [6.07, 6.45) is 0. The van der Waals surface area contributed by atoms with Crippen LogP contribution in [0.5, 0.6) is 0 Å². The molecule has 0 amide bonds. The number of rotatable bonds is 5. The van der Waals surface area contributed by atoms with Crippen molar-refractivity contribution in [1.29, 1.82) is 0 Å². The Bertz CT molecular complexity index is 544. The summed E-state index contributed by atoms with van der Waals surface area (Å²) < 4.78 is 5.61. The number of hydrogen-bond donors (Lipinski definition) is 1. The third kappa shape index (κ3) is 4.10. The molecule has 0 aliphatic carbocycles. The molecule has 100 valence electrons. The number of aromatic nitrogens is 1. The zero-order valence-electron chi connectivity index (χ0n) is 10.5. The number of hydrogen-bond acceptors (Lipinski definition) is 3. The van der Waals surface area contributed by atoms with Gasteiger partial charge in [0.05, 0.1) is 23.9 Å². The van der Waals surface area contributed by atoms with Gasteiger partial charge >= 0.3 is 0 Å². The zero-order valence-corrected chi connectivity index (χ0v) is 12.0. The normalized spacial score (nSPS) is 10.5. The molecule has 0 saturated heterocycles. The molecule has 1 aromatic carbocycles. The van der Waals surface area contributed by atoms with Crippen LogP contribution in [0.2, 0.25) is 10.0 Å². The summed E-state index contributed by atoms with van der Waals surface area (Å²) in [5.74, 6) is 0.773. The summed E-state index contributed by atoms with van der Waals surface area (Å²) in [6.45, 7) is 0.871. The lowest BCUT2D eigenvalue weighted by molar-refractivity contribution is 0.105. The number of pyridine rings is 1. The van der Waals surface area contributed by atoms with Crippen molar-refractivity contribution in [2.45, 2.75) is 13.2 Å². The molecule has 2 aromatic rings. The van der Waals surface area contributed by atoms with Crippen molar-refractivity contribution in [3.63, 3.8) is 0 Å². The molecule has 1 heterocycles. The lowest BCUT2D eigenvalue weighted by Gasteiger charge is -2.08. The van der Waals surface area contributed by atoms with Crippen LogP contribution in [0.3, 0.4) is 0 Å². The van der Waals surface area contributed by atoms with Gasteiger partial charge in [0.1, 0.15) is 5.82 Å².